The van der Waals surface area contributed by atoms with Crippen molar-refractivity contribution in [2.75, 3.05) is 13.7 Å². The molecule has 0 radical (unpaired) electrons. The third-order valence-corrected chi connectivity index (χ3v) is 3.17. The van der Waals surface area contributed by atoms with Crippen LogP contribution in [0.2, 0.25) is 0 Å². The zero-order valence-electron chi connectivity index (χ0n) is 11.1. The molecule has 0 saturated heterocycles. The van der Waals surface area contributed by atoms with E-state index in [1.807, 2.05) is 25.1 Å². The van der Waals surface area contributed by atoms with Gasteiger partial charge in [-0.25, -0.2) is 4.98 Å². The van der Waals surface area contributed by atoms with Crippen LogP contribution in [0.4, 0.5) is 0 Å². The number of para-hydroxylation sites is 1. The highest BCUT2D eigenvalue weighted by atomic mass is 35.5. The Labute approximate surface area is 117 Å². The second-order valence-corrected chi connectivity index (χ2v) is 5.06. The fraction of sp³-hybridized carbons (Fsp3) is 0.429. The maximum atomic E-state index is 12.5. The van der Waals surface area contributed by atoms with Crippen molar-refractivity contribution in [3.05, 3.63) is 40.4 Å². The summed E-state index contributed by atoms with van der Waals surface area (Å²) >= 11 is 6.14. The molecule has 0 saturated carbocycles. The third kappa shape index (κ3) is 2.96. The standard InChI is InChI=1S/C14H17ClN2O2/c1-10(15)13-16-12-7-4-3-6-11(12)14(18)17(13)8-5-9-19-2/h3-4,6-7,10H,5,8-9H2,1-2H3. The summed E-state index contributed by atoms with van der Waals surface area (Å²) in [6.07, 6.45) is 0.757. The Morgan fingerprint density at radius 1 is 1.42 bits per heavy atom. The summed E-state index contributed by atoms with van der Waals surface area (Å²) in [5, 5.41) is 0.320. The van der Waals surface area contributed by atoms with Gasteiger partial charge in [0.15, 0.2) is 0 Å². The number of nitrogens with zero attached hydrogens (tertiary/aromatic N) is 2. The lowest BCUT2D eigenvalue weighted by Gasteiger charge is -2.14. The van der Waals surface area contributed by atoms with Crippen LogP contribution in [-0.2, 0) is 11.3 Å². The third-order valence-electron chi connectivity index (χ3n) is 2.98. The molecule has 1 heterocycles. The van der Waals surface area contributed by atoms with Crippen LogP contribution in [0.1, 0.15) is 24.5 Å². The summed E-state index contributed by atoms with van der Waals surface area (Å²) in [4.78, 5) is 17.0. The largest absolute Gasteiger partial charge is 0.385 e. The molecule has 0 amide bonds. The fourth-order valence-electron chi connectivity index (χ4n) is 2.07. The van der Waals surface area contributed by atoms with E-state index in [2.05, 4.69) is 4.98 Å². The van der Waals surface area contributed by atoms with Gasteiger partial charge < -0.3 is 4.74 Å². The summed E-state index contributed by atoms with van der Waals surface area (Å²) in [6, 6.07) is 7.33. The van der Waals surface area contributed by atoms with Gasteiger partial charge in [-0.3, -0.25) is 9.36 Å². The van der Waals surface area contributed by atoms with Crippen molar-refractivity contribution in [1.82, 2.24) is 9.55 Å². The van der Waals surface area contributed by atoms with Gasteiger partial charge in [-0.05, 0) is 25.5 Å². The Morgan fingerprint density at radius 3 is 2.84 bits per heavy atom. The average Bonchev–Trinajstić information content (AvgIpc) is 2.41. The minimum absolute atomic E-state index is 0.0378. The number of methoxy groups -OCH3 is 1. The van der Waals surface area contributed by atoms with Gasteiger partial charge in [0.1, 0.15) is 5.82 Å². The van der Waals surface area contributed by atoms with Gasteiger partial charge in [0.05, 0.1) is 16.3 Å². The fourth-order valence-corrected chi connectivity index (χ4v) is 2.24. The maximum absolute atomic E-state index is 12.5. The molecular weight excluding hydrogens is 264 g/mol. The van der Waals surface area contributed by atoms with Crippen molar-refractivity contribution in [3.63, 3.8) is 0 Å². The molecule has 1 aromatic heterocycles. The zero-order valence-corrected chi connectivity index (χ0v) is 11.9. The molecule has 1 aromatic carbocycles. The first kappa shape index (κ1) is 14.0. The number of benzene rings is 1. The molecule has 0 aliphatic carbocycles. The van der Waals surface area contributed by atoms with Crippen molar-refractivity contribution >= 4 is 22.5 Å². The quantitative estimate of drug-likeness (QED) is 0.625. The highest BCUT2D eigenvalue weighted by molar-refractivity contribution is 6.20. The Bertz CT molecular complexity index is 622. The predicted molar refractivity (Wildman–Crippen MR) is 76.8 cm³/mol. The number of alkyl halides is 1. The molecule has 19 heavy (non-hydrogen) atoms. The summed E-state index contributed by atoms with van der Waals surface area (Å²) in [5.74, 6) is 0.612. The van der Waals surface area contributed by atoms with Crippen LogP contribution in [0.5, 0.6) is 0 Å². The lowest BCUT2D eigenvalue weighted by molar-refractivity contribution is 0.189. The van der Waals surface area contributed by atoms with E-state index < -0.39 is 0 Å². The number of hydrogen-bond donors (Lipinski definition) is 0. The molecule has 0 N–H and O–H groups in total. The molecule has 2 aromatic rings. The number of halogens is 1. The molecule has 1 unspecified atom stereocenters. The Morgan fingerprint density at radius 2 is 2.16 bits per heavy atom. The van der Waals surface area contributed by atoms with Crippen LogP contribution in [-0.4, -0.2) is 23.3 Å². The van der Waals surface area contributed by atoms with E-state index in [1.54, 1.807) is 17.7 Å². The molecule has 2 rings (SSSR count). The lowest BCUT2D eigenvalue weighted by Crippen LogP contribution is -2.26. The van der Waals surface area contributed by atoms with Crippen molar-refractivity contribution < 1.29 is 4.74 Å². The van der Waals surface area contributed by atoms with Gasteiger partial charge in [0.2, 0.25) is 0 Å². The molecule has 0 aliphatic heterocycles. The Balaban J connectivity index is 2.54. The van der Waals surface area contributed by atoms with E-state index in [0.717, 1.165) is 6.42 Å². The monoisotopic (exact) mass is 280 g/mol. The van der Waals surface area contributed by atoms with Crippen molar-refractivity contribution in [1.29, 1.82) is 0 Å². The van der Waals surface area contributed by atoms with E-state index in [0.29, 0.717) is 29.9 Å². The summed E-state index contributed by atoms with van der Waals surface area (Å²) in [6.45, 7) is 3.00. The Hall–Kier alpha value is -1.39. The van der Waals surface area contributed by atoms with Crippen LogP contribution < -0.4 is 5.56 Å². The number of rotatable bonds is 5. The summed E-state index contributed by atoms with van der Waals surface area (Å²) < 4.78 is 6.67. The summed E-state index contributed by atoms with van der Waals surface area (Å²) in [7, 11) is 1.65. The SMILES string of the molecule is COCCCn1c(C(C)Cl)nc2ccccc2c1=O. The highest BCUT2D eigenvalue weighted by Crippen LogP contribution is 2.18. The minimum atomic E-state index is -0.306. The van der Waals surface area contributed by atoms with Crippen LogP contribution in [0.25, 0.3) is 10.9 Å². The van der Waals surface area contributed by atoms with Crippen molar-refractivity contribution in [2.24, 2.45) is 0 Å². The minimum Gasteiger partial charge on any atom is -0.385 e. The topological polar surface area (TPSA) is 44.1 Å². The Kier molecular flexibility index (Phi) is 4.56. The van der Waals surface area contributed by atoms with Gasteiger partial charge >= 0.3 is 0 Å². The predicted octanol–water partition coefficient (Wildman–Crippen LogP) is 2.73. The van der Waals surface area contributed by atoms with Crippen LogP contribution in [0.15, 0.2) is 29.1 Å². The summed E-state index contributed by atoms with van der Waals surface area (Å²) in [5.41, 5.74) is 0.655. The molecule has 0 aliphatic rings. The number of ether oxygens (including phenoxy) is 1. The van der Waals surface area contributed by atoms with Crippen LogP contribution in [0, 0.1) is 0 Å². The van der Waals surface area contributed by atoms with E-state index in [9.17, 15) is 4.79 Å². The van der Waals surface area contributed by atoms with Gasteiger partial charge in [0, 0.05) is 20.3 Å². The molecule has 0 fully saturated rings. The number of aromatic nitrogens is 2. The average molecular weight is 281 g/mol. The van der Waals surface area contributed by atoms with E-state index >= 15 is 0 Å². The van der Waals surface area contributed by atoms with Crippen LogP contribution >= 0.6 is 11.6 Å². The molecule has 5 heteroatoms. The van der Waals surface area contributed by atoms with Gasteiger partial charge in [0.25, 0.3) is 5.56 Å². The molecule has 4 nitrogen and oxygen atoms in total. The zero-order chi connectivity index (χ0) is 13.8. The van der Waals surface area contributed by atoms with E-state index in [1.165, 1.54) is 0 Å². The van der Waals surface area contributed by atoms with Gasteiger partial charge in [-0.1, -0.05) is 12.1 Å². The molecule has 1 atom stereocenters. The number of hydrogen-bond acceptors (Lipinski definition) is 3. The lowest BCUT2D eigenvalue weighted by atomic mass is 10.2. The van der Waals surface area contributed by atoms with Gasteiger partial charge in [-0.15, -0.1) is 11.6 Å². The molecule has 102 valence electrons. The second-order valence-electron chi connectivity index (χ2n) is 4.41. The first-order chi connectivity index (χ1) is 9.15. The molecule has 0 spiro atoms. The van der Waals surface area contributed by atoms with Crippen molar-refractivity contribution in [2.45, 2.75) is 25.3 Å². The first-order valence-electron chi connectivity index (χ1n) is 6.27. The molecular formula is C14H17ClN2O2. The molecule has 0 bridgehead atoms. The second kappa shape index (κ2) is 6.17. The normalized spacial score (nSPS) is 12.8. The van der Waals surface area contributed by atoms with E-state index in [4.69, 9.17) is 16.3 Å². The van der Waals surface area contributed by atoms with E-state index in [-0.39, 0.29) is 10.9 Å². The van der Waals surface area contributed by atoms with Crippen LogP contribution in [0.3, 0.4) is 0 Å². The maximum Gasteiger partial charge on any atom is 0.261 e. The first-order valence-corrected chi connectivity index (χ1v) is 6.71. The van der Waals surface area contributed by atoms with Crippen molar-refractivity contribution in [3.8, 4) is 0 Å². The smallest absolute Gasteiger partial charge is 0.261 e. The van der Waals surface area contributed by atoms with Gasteiger partial charge in [-0.2, -0.15) is 0 Å². The number of fused-ring (bicyclic) bond motifs is 1. The highest BCUT2D eigenvalue weighted by Gasteiger charge is 2.14.